The largest absolute Gasteiger partial charge is 0.453 e. The predicted molar refractivity (Wildman–Crippen MR) is 257 cm³/mol. The Labute approximate surface area is 353 Å². The molecule has 0 atom stereocenters. The summed E-state index contributed by atoms with van der Waals surface area (Å²) >= 11 is 0. The monoisotopic (exact) mass is 796 g/mol. The Kier molecular flexibility index (Phi) is 7.54. The zero-order valence-corrected chi connectivity index (χ0v) is 35.3. The predicted octanol–water partition coefficient (Wildman–Crippen LogP) is 15.6. The van der Waals surface area contributed by atoms with Gasteiger partial charge in [0.25, 0.3) is 0 Å². The van der Waals surface area contributed by atoms with Gasteiger partial charge in [-0.1, -0.05) is 117 Å². The van der Waals surface area contributed by atoms with E-state index < -0.39 is 9.16 Å². The molecule has 12 rings (SSSR count). The first kappa shape index (κ1) is 35.5. The van der Waals surface area contributed by atoms with Gasteiger partial charge in [0.05, 0.1) is 22.7 Å². The zero-order valence-electron chi connectivity index (χ0n) is 34.4. The van der Waals surface area contributed by atoms with Crippen molar-refractivity contribution in [1.29, 1.82) is 0 Å². The first-order valence-electron chi connectivity index (χ1n) is 21.4. The van der Waals surface area contributed by atoms with Gasteiger partial charge in [-0.25, -0.2) is 9.16 Å². The normalized spacial score (nSPS) is 17.8. The zero-order chi connectivity index (χ0) is 40.2. The molecule has 3 nitrogen and oxygen atoms in total. The third-order valence-corrected chi connectivity index (χ3v) is 21.0. The van der Waals surface area contributed by atoms with E-state index in [1.165, 1.54) is 85.6 Å². The highest BCUT2D eigenvalue weighted by molar-refractivity contribution is 8.49. The SMILES string of the molecule is CC1(C)c2cc(/C=C/c3ccc4cc(N5c6ccccc6[SH]6(C)(CCCC6)c6ccccc65)ccc4c3)ccc2-c2ccc(N3c4ccccc4Oc4ccccc43)cc21. The molecule has 1 fully saturated rings. The molecule has 1 aliphatic carbocycles. The van der Waals surface area contributed by atoms with Crippen molar-refractivity contribution in [2.45, 2.75) is 41.9 Å². The van der Waals surface area contributed by atoms with E-state index in [1.54, 1.807) is 9.79 Å². The molecule has 4 aliphatic rings. The lowest BCUT2D eigenvalue weighted by Gasteiger charge is -2.61. The van der Waals surface area contributed by atoms with Crippen molar-refractivity contribution in [2.75, 3.05) is 27.6 Å². The maximum absolute atomic E-state index is 6.32. The maximum Gasteiger partial charge on any atom is 0.151 e. The number of anilines is 6. The van der Waals surface area contributed by atoms with Gasteiger partial charge in [0.1, 0.15) is 0 Å². The summed E-state index contributed by atoms with van der Waals surface area (Å²) in [5, 5.41) is 2.50. The molecule has 0 radical (unpaired) electrons. The highest BCUT2D eigenvalue weighted by Crippen LogP contribution is 2.86. The minimum atomic E-state index is -2.26. The van der Waals surface area contributed by atoms with Crippen molar-refractivity contribution in [3.63, 3.8) is 0 Å². The van der Waals surface area contributed by atoms with Crippen LogP contribution in [0, 0.1) is 0 Å². The number of thiol groups is 1. The summed E-state index contributed by atoms with van der Waals surface area (Å²) in [6.45, 7) is 4.73. The van der Waals surface area contributed by atoms with Gasteiger partial charge in [0.15, 0.2) is 11.5 Å². The van der Waals surface area contributed by atoms with Gasteiger partial charge in [-0.15, -0.1) is 0 Å². The van der Waals surface area contributed by atoms with Crippen molar-refractivity contribution in [2.24, 2.45) is 0 Å². The third-order valence-electron chi connectivity index (χ3n) is 14.4. The topological polar surface area (TPSA) is 15.7 Å². The van der Waals surface area contributed by atoms with Crippen LogP contribution in [0.15, 0.2) is 180 Å². The minimum absolute atomic E-state index is 0.163. The molecule has 0 unspecified atom stereocenters. The van der Waals surface area contributed by atoms with Gasteiger partial charge in [-0.2, -0.15) is 0 Å². The molecule has 0 saturated carbocycles. The van der Waals surface area contributed by atoms with Gasteiger partial charge in [0, 0.05) is 26.6 Å². The first-order chi connectivity index (χ1) is 29.3. The minimum Gasteiger partial charge on any atom is -0.453 e. The van der Waals surface area contributed by atoms with E-state index in [4.69, 9.17) is 4.74 Å². The van der Waals surface area contributed by atoms with Crippen molar-refractivity contribution in [3.8, 4) is 22.6 Å². The van der Waals surface area contributed by atoms with E-state index in [1.807, 2.05) is 24.3 Å². The van der Waals surface area contributed by atoms with Crippen molar-refractivity contribution < 1.29 is 4.74 Å². The van der Waals surface area contributed by atoms with Crippen LogP contribution in [0.25, 0.3) is 34.1 Å². The number of ether oxygens (including phenoxy) is 1. The van der Waals surface area contributed by atoms with Crippen LogP contribution in [0.4, 0.5) is 34.1 Å². The fourth-order valence-corrected chi connectivity index (χ4v) is 17.6. The highest BCUT2D eigenvalue weighted by atomic mass is 32.3. The lowest BCUT2D eigenvalue weighted by atomic mass is 9.81. The molecule has 8 aromatic rings. The van der Waals surface area contributed by atoms with E-state index in [9.17, 15) is 0 Å². The summed E-state index contributed by atoms with van der Waals surface area (Å²) < 4.78 is 6.32. The Bertz CT molecular complexity index is 3020. The number of nitrogens with zero attached hydrogens (tertiary/aromatic N) is 2. The Morgan fingerprint density at radius 1 is 0.483 bits per heavy atom. The molecule has 4 heteroatoms. The van der Waals surface area contributed by atoms with E-state index in [-0.39, 0.29) is 5.41 Å². The van der Waals surface area contributed by atoms with Gasteiger partial charge in [-0.3, -0.25) is 0 Å². The molecule has 3 heterocycles. The van der Waals surface area contributed by atoms with Crippen molar-refractivity contribution in [1.82, 2.24) is 0 Å². The second kappa shape index (κ2) is 12.8. The van der Waals surface area contributed by atoms with E-state index >= 15 is 0 Å². The number of hydrogen-bond donors (Lipinski definition) is 1. The number of benzene rings is 8. The summed E-state index contributed by atoms with van der Waals surface area (Å²) in [4.78, 5) is 8.06. The number of fused-ring (bicyclic) bond motifs is 10. The number of hydrogen-bond acceptors (Lipinski definition) is 3. The van der Waals surface area contributed by atoms with Gasteiger partial charge in [-0.05, 0) is 154 Å². The Balaban J connectivity index is 0.845. The third kappa shape index (κ3) is 5.04. The Morgan fingerprint density at radius 2 is 0.950 bits per heavy atom. The Hall–Kier alpha value is -6.49. The van der Waals surface area contributed by atoms with E-state index in [0.717, 1.165) is 28.6 Å². The average molecular weight is 797 g/mol. The van der Waals surface area contributed by atoms with Crippen LogP contribution in [-0.4, -0.2) is 17.8 Å². The molecule has 1 spiro atoms. The van der Waals surface area contributed by atoms with Gasteiger partial charge in [0.2, 0.25) is 0 Å². The summed E-state index contributed by atoms with van der Waals surface area (Å²) in [5.41, 5.74) is 14.8. The number of rotatable bonds is 4. The maximum atomic E-state index is 6.32. The van der Waals surface area contributed by atoms with E-state index in [0.29, 0.717) is 0 Å². The molecule has 0 amide bonds. The van der Waals surface area contributed by atoms with Crippen LogP contribution in [-0.2, 0) is 5.41 Å². The van der Waals surface area contributed by atoms with Gasteiger partial charge < -0.3 is 14.5 Å². The van der Waals surface area contributed by atoms with Crippen LogP contribution < -0.4 is 14.5 Å². The van der Waals surface area contributed by atoms with Crippen LogP contribution in [0.5, 0.6) is 11.5 Å². The molecule has 294 valence electrons. The molecular weight excluding hydrogens is 749 g/mol. The molecule has 3 aliphatic heterocycles. The quantitative estimate of drug-likeness (QED) is 0.141. The number of para-hydroxylation sites is 6. The molecule has 0 N–H and O–H groups in total. The van der Waals surface area contributed by atoms with E-state index in [2.05, 4.69) is 188 Å². The second-order valence-corrected chi connectivity index (χ2v) is 24.1. The van der Waals surface area contributed by atoms with Crippen molar-refractivity contribution >= 4 is 66.2 Å². The fraction of sp³-hybridized carbons (Fsp3) is 0.143. The molecule has 0 bridgehead atoms. The summed E-state index contributed by atoms with van der Waals surface area (Å²) in [5.74, 6) is 4.38. The van der Waals surface area contributed by atoms with Crippen LogP contribution in [0.3, 0.4) is 0 Å². The molecule has 8 aromatic carbocycles. The highest BCUT2D eigenvalue weighted by Gasteiger charge is 2.49. The lowest BCUT2D eigenvalue weighted by molar-refractivity contribution is 0.477. The molecule has 1 saturated heterocycles. The summed E-state index contributed by atoms with van der Waals surface area (Å²) in [7, 11) is -2.26. The average Bonchev–Trinajstić information content (AvgIpc) is 3.80. The Morgan fingerprint density at radius 3 is 1.62 bits per heavy atom. The molecule has 0 aromatic heterocycles. The fourth-order valence-electron chi connectivity index (χ4n) is 11.3. The molecule has 60 heavy (non-hydrogen) atoms. The summed E-state index contributed by atoms with van der Waals surface area (Å²) in [6, 6.07) is 63.0. The smallest absolute Gasteiger partial charge is 0.151 e. The second-order valence-electron chi connectivity index (χ2n) is 18.2. The lowest BCUT2D eigenvalue weighted by Crippen LogP contribution is -2.29. The summed E-state index contributed by atoms with van der Waals surface area (Å²) in [6.07, 6.45) is 9.84. The van der Waals surface area contributed by atoms with Gasteiger partial charge >= 0.3 is 0 Å². The molecular formula is C56H48N2OS. The first-order valence-corrected chi connectivity index (χ1v) is 24.5. The van der Waals surface area contributed by atoms with Crippen LogP contribution >= 0.6 is 9.16 Å². The van der Waals surface area contributed by atoms with Crippen LogP contribution in [0.2, 0.25) is 0 Å². The van der Waals surface area contributed by atoms with Crippen LogP contribution in [0.1, 0.15) is 48.9 Å². The van der Waals surface area contributed by atoms with Crippen molar-refractivity contribution in [3.05, 3.63) is 192 Å². The standard InChI is InChI=1S/C56H48N2OS/c1-56(2)46-35-39(25-30-44(46)45-31-29-43(37-47(45)56)57-48-14-4-8-18-52(48)59-53-19-9-5-15-49(53)57)23-22-38-24-26-41-36-42(28-27-40(41)34-38)58-50-16-6-10-20-54(50)60(3,32-12-13-33-60)55-21-11-7-17-51(55)58/h4-11,14-31,34-37,60H,12-13,32-33H2,1-3H3/b23-22+.